The molecule has 1 fully saturated rings. The molecule has 130 valence electrons. The van der Waals surface area contributed by atoms with Crippen LogP contribution in [0.25, 0.3) is 0 Å². The van der Waals surface area contributed by atoms with Crippen molar-refractivity contribution < 1.29 is 28.9 Å². The minimum absolute atomic E-state index is 0. The molecule has 0 radical (unpaired) electrons. The van der Waals surface area contributed by atoms with Crippen molar-refractivity contribution in [2.24, 2.45) is 0 Å². The molecule has 24 heavy (non-hydrogen) atoms. The summed E-state index contributed by atoms with van der Waals surface area (Å²) in [6, 6.07) is 3.99. The first-order valence-electron chi connectivity index (χ1n) is 7.07. The number of nitrogens with one attached hydrogen (secondary N) is 1. The van der Waals surface area contributed by atoms with Gasteiger partial charge >= 0.3 is 5.97 Å². The number of nitrogens with zero attached hydrogens (tertiary/aromatic N) is 2. The second-order valence-electron chi connectivity index (χ2n) is 5.56. The van der Waals surface area contributed by atoms with Crippen LogP contribution in [0.15, 0.2) is 30.6 Å². The van der Waals surface area contributed by atoms with Crippen LogP contribution in [0.1, 0.15) is 20.3 Å². The molecular formula is C15H19ClN3O5+. The number of carbonyl (C=O) groups excluding carboxylic acids is 3. The van der Waals surface area contributed by atoms with E-state index in [1.807, 2.05) is 0 Å². The van der Waals surface area contributed by atoms with E-state index in [-0.39, 0.29) is 25.4 Å². The van der Waals surface area contributed by atoms with Crippen LogP contribution in [0.4, 0.5) is 0 Å². The molecule has 0 spiro atoms. The number of amides is 3. The number of hydrogen-bond acceptors (Lipinski definition) is 4. The number of pyridine rings is 1. The Morgan fingerprint density at radius 1 is 1.29 bits per heavy atom. The lowest BCUT2D eigenvalue weighted by atomic mass is 9.94. The van der Waals surface area contributed by atoms with Crippen molar-refractivity contribution in [3.8, 4) is 0 Å². The molecule has 9 heteroatoms. The lowest BCUT2D eigenvalue weighted by Crippen LogP contribution is -2.61. The van der Waals surface area contributed by atoms with E-state index in [1.54, 1.807) is 35.2 Å². The van der Waals surface area contributed by atoms with Gasteiger partial charge in [-0.05, 0) is 0 Å². The highest BCUT2D eigenvalue weighted by Crippen LogP contribution is 2.30. The first-order chi connectivity index (χ1) is 10.8. The number of rotatable bonds is 4. The normalized spacial score (nSPS) is 22.7. The second kappa shape index (κ2) is 7.39. The highest BCUT2D eigenvalue weighted by Gasteiger charge is 2.58. The van der Waals surface area contributed by atoms with Crippen molar-refractivity contribution in [3.63, 3.8) is 0 Å². The molecule has 0 bridgehead atoms. The first-order valence-corrected chi connectivity index (χ1v) is 7.07. The zero-order valence-corrected chi connectivity index (χ0v) is 14.1. The molecule has 1 aliphatic rings. The van der Waals surface area contributed by atoms with Crippen LogP contribution >= 0.6 is 12.4 Å². The van der Waals surface area contributed by atoms with E-state index >= 15 is 0 Å². The van der Waals surface area contributed by atoms with Crippen LogP contribution < -0.4 is 9.88 Å². The summed E-state index contributed by atoms with van der Waals surface area (Å²) >= 11 is 0. The molecule has 3 amide bonds. The van der Waals surface area contributed by atoms with Gasteiger partial charge in [0.1, 0.15) is 6.04 Å². The van der Waals surface area contributed by atoms with Gasteiger partial charge in [0.2, 0.25) is 11.8 Å². The summed E-state index contributed by atoms with van der Waals surface area (Å²) in [5.74, 6) is -3.11. The molecule has 1 aromatic rings. The maximum atomic E-state index is 12.7. The molecule has 2 unspecified atom stereocenters. The zero-order valence-electron chi connectivity index (χ0n) is 13.3. The fourth-order valence-electron chi connectivity index (χ4n) is 2.91. The van der Waals surface area contributed by atoms with Gasteiger partial charge in [-0.1, -0.05) is 6.07 Å². The Hall–Kier alpha value is -2.48. The van der Waals surface area contributed by atoms with Crippen molar-refractivity contribution in [2.75, 3.05) is 0 Å². The average molecular weight is 357 g/mol. The van der Waals surface area contributed by atoms with Gasteiger partial charge in [0.25, 0.3) is 5.91 Å². The maximum Gasteiger partial charge on any atom is 0.327 e. The molecule has 1 saturated heterocycles. The summed E-state index contributed by atoms with van der Waals surface area (Å²) < 4.78 is 1.66. The topological polar surface area (TPSA) is 108 Å². The van der Waals surface area contributed by atoms with Crippen molar-refractivity contribution in [2.45, 2.75) is 38.4 Å². The Morgan fingerprint density at radius 2 is 1.88 bits per heavy atom. The average Bonchev–Trinajstić information content (AvgIpc) is 2.73. The van der Waals surface area contributed by atoms with E-state index in [1.165, 1.54) is 6.92 Å². The minimum Gasteiger partial charge on any atom is -0.480 e. The molecule has 0 aliphatic carbocycles. The van der Waals surface area contributed by atoms with E-state index < -0.39 is 35.3 Å². The first kappa shape index (κ1) is 19.6. The molecule has 1 aliphatic heterocycles. The van der Waals surface area contributed by atoms with Gasteiger partial charge in [0.15, 0.2) is 24.5 Å². The molecule has 2 rings (SSSR count). The number of halogens is 1. The van der Waals surface area contributed by atoms with Crippen LogP contribution in [-0.2, 0) is 25.7 Å². The van der Waals surface area contributed by atoms with Crippen LogP contribution in [0.5, 0.6) is 0 Å². The quantitative estimate of drug-likeness (QED) is 0.707. The molecule has 8 nitrogen and oxygen atoms in total. The third kappa shape index (κ3) is 3.70. The number of hydrogen-bond donors (Lipinski definition) is 2. The lowest BCUT2D eigenvalue weighted by Gasteiger charge is -2.24. The molecular weight excluding hydrogens is 338 g/mol. The van der Waals surface area contributed by atoms with Gasteiger partial charge < -0.3 is 10.4 Å². The number of carbonyl (C=O) groups is 4. The van der Waals surface area contributed by atoms with Crippen LogP contribution in [0.3, 0.4) is 0 Å². The van der Waals surface area contributed by atoms with E-state index in [0.717, 1.165) is 6.92 Å². The van der Waals surface area contributed by atoms with Crippen molar-refractivity contribution in [1.29, 1.82) is 0 Å². The van der Waals surface area contributed by atoms with Crippen LogP contribution in [0.2, 0.25) is 0 Å². The van der Waals surface area contributed by atoms with E-state index in [0.29, 0.717) is 4.90 Å². The van der Waals surface area contributed by atoms with Gasteiger partial charge in [0.05, 0.1) is 0 Å². The van der Waals surface area contributed by atoms with Crippen LogP contribution in [0, 0.1) is 0 Å². The van der Waals surface area contributed by atoms with Crippen LogP contribution in [-0.4, -0.2) is 45.3 Å². The van der Waals surface area contributed by atoms with Crippen molar-refractivity contribution in [3.05, 3.63) is 30.6 Å². The van der Waals surface area contributed by atoms with E-state index in [4.69, 9.17) is 0 Å². The Morgan fingerprint density at radius 3 is 2.29 bits per heavy atom. The summed E-state index contributed by atoms with van der Waals surface area (Å²) in [5, 5.41) is 11.9. The Bertz CT molecular complexity index is 666. The predicted molar refractivity (Wildman–Crippen MR) is 84.0 cm³/mol. The minimum atomic E-state index is -1.47. The summed E-state index contributed by atoms with van der Waals surface area (Å²) in [6.07, 6.45) is 3.22. The van der Waals surface area contributed by atoms with Gasteiger partial charge in [0, 0.05) is 32.4 Å². The third-order valence-corrected chi connectivity index (χ3v) is 3.75. The number of carboxylic acids is 1. The largest absolute Gasteiger partial charge is 0.480 e. The highest BCUT2D eigenvalue weighted by molar-refractivity contribution is 6.06. The Labute approximate surface area is 144 Å². The van der Waals surface area contributed by atoms with Gasteiger partial charge in [-0.3, -0.25) is 19.3 Å². The summed E-state index contributed by atoms with van der Waals surface area (Å²) in [5.41, 5.74) is -1.47. The van der Waals surface area contributed by atoms with Crippen molar-refractivity contribution in [1.82, 2.24) is 10.2 Å². The number of aromatic nitrogens is 1. The number of imide groups is 1. The smallest absolute Gasteiger partial charge is 0.327 e. The number of aliphatic carboxylic acids is 1. The third-order valence-electron chi connectivity index (χ3n) is 3.75. The summed E-state index contributed by atoms with van der Waals surface area (Å²) in [6.45, 7) is 2.42. The Kier molecular flexibility index (Phi) is 6.03. The fraction of sp³-hybridized carbons (Fsp3) is 0.400. The lowest BCUT2D eigenvalue weighted by molar-refractivity contribution is -0.702. The van der Waals surface area contributed by atoms with Gasteiger partial charge in [-0.2, -0.15) is 0 Å². The van der Waals surface area contributed by atoms with Crippen molar-refractivity contribution >= 4 is 36.1 Å². The molecule has 2 atom stereocenters. The molecule has 1 aromatic heterocycles. The standard InChI is InChI=1S/C15H17N3O5.ClH/c1-10(19)16-15(9-17-6-4-3-5-7-17)8-12(13(21)22)18(11(2)20)14(15)23;/h3-7,12H,8-9H2,1-2H3,(H-,16,19,21,22);1H/p+1. The SMILES string of the molecule is CC(=O)NC1(C[n+]2ccccc2)CC(C(=O)O)N(C(C)=O)C1=O.Cl. The summed E-state index contributed by atoms with van der Waals surface area (Å²) in [7, 11) is 0. The second-order valence-corrected chi connectivity index (χ2v) is 5.56. The monoisotopic (exact) mass is 356 g/mol. The highest BCUT2D eigenvalue weighted by atomic mass is 35.5. The van der Waals surface area contributed by atoms with Gasteiger partial charge in [-0.15, -0.1) is 12.4 Å². The predicted octanol–water partition coefficient (Wildman–Crippen LogP) is -0.497. The van der Waals surface area contributed by atoms with E-state index in [2.05, 4.69) is 5.32 Å². The fourth-order valence-corrected chi connectivity index (χ4v) is 2.91. The molecule has 0 saturated carbocycles. The number of likely N-dealkylation sites (tertiary alicyclic amines) is 1. The number of carboxylic acid groups (broad SMARTS) is 1. The van der Waals surface area contributed by atoms with Gasteiger partial charge in [-0.25, -0.2) is 9.36 Å². The summed E-state index contributed by atoms with van der Waals surface area (Å²) in [4.78, 5) is 48.2. The molecule has 2 N–H and O–H groups in total. The Balaban J connectivity index is 0.00000288. The van der Waals surface area contributed by atoms with E-state index in [9.17, 15) is 24.3 Å². The molecule has 2 heterocycles. The zero-order chi connectivity index (χ0) is 17.2. The maximum absolute atomic E-state index is 12.7. The molecule has 0 aromatic carbocycles.